The summed E-state index contributed by atoms with van der Waals surface area (Å²) in [5.74, 6) is 0.948. The second-order valence-electron chi connectivity index (χ2n) is 6.63. The quantitative estimate of drug-likeness (QED) is 0.690. The molecule has 98 valence electrons. The zero-order chi connectivity index (χ0) is 12.8. The molecule has 2 N–H and O–H groups in total. The van der Waals surface area contributed by atoms with Crippen molar-refractivity contribution < 1.29 is 10.2 Å². The Morgan fingerprint density at radius 2 is 1.94 bits per heavy atom. The van der Waals surface area contributed by atoms with E-state index in [2.05, 4.69) is 27.4 Å². The largest absolute Gasteiger partial charge is 0.393 e. The Morgan fingerprint density at radius 1 is 1.29 bits per heavy atom. The van der Waals surface area contributed by atoms with Crippen LogP contribution in [0.2, 0.25) is 0 Å². The van der Waals surface area contributed by atoms with Gasteiger partial charge in [-0.15, -0.1) is 0 Å². The molecule has 5 atom stereocenters. The third-order valence-corrected chi connectivity index (χ3v) is 5.30. The van der Waals surface area contributed by atoms with E-state index in [1.807, 2.05) is 0 Å². The summed E-state index contributed by atoms with van der Waals surface area (Å²) in [6.07, 6.45) is 3.11. The average Bonchev–Trinajstić information content (AvgIpc) is 2.23. The van der Waals surface area contributed by atoms with Gasteiger partial charge in [0.2, 0.25) is 0 Å². The molecule has 2 fully saturated rings. The summed E-state index contributed by atoms with van der Waals surface area (Å²) in [5, 5.41) is 20.9. The van der Waals surface area contributed by atoms with Gasteiger partial charge in [-0.1, -0.05) is 32.9 Å². The van der Waals surface area contributed by atoms with Gasteiger partial charge < -0.3 is 10.2 Å². The van der Waals surface area contributed by atoms with Gasteiger partial charge in [0, 0.05) is 11.3 Å². The van der Waals surface area contributed by atoms with Crippen LogP contribution >= 0.6 is 0 Å². The van der Waals surface area contributed by atoms with E-state index in [4.69, 9.17) is 0 Å². The summed E-state index contributed by atoms with van der Waals surface area (Å²) in [6.45, 7) is 10.6. The first-order chi connectivity index (χ1) is 7.88. The van der Waals surface area contributed by atoms with Crippen LogP contribution in [0.5, 0.6) is 0 Å². The zero-order valence-electron chi connectivity index (χ0n) is 11.3. The maximum Gasteiger partial charge on any atom is 0.0642 e. The van der Waals surface area contributed by atoms with Crippen molar-refractivity contribution in [3.05, 3.63) is 12.2 Å². The average molecular weight is 238 g/mol. The molecule has 2 aliphatic carbocycles. The lowest BCUT2D eigenvalue weighted by atomic mass is 9.53. The van der Waals surface area contributed by atoms with Crippen LogP contribution in [0.15, 0.2) is 12.2 Å². The Bertz CT molecular complexity index is 310. The molecular weight excluding hydrogens is 212 g/mol. The van der Waals surface area contributed by atoms with Gasteiger partial charge >= 0.3 is 0 Å². The SMILES string of the molecule is C=C1CC[C@@H](O)[C@]2(C)CC[C@H](C(C)C)[C@@H](O)[C@@H]12. The highest BCUT2D eigenvalue weighted by Crippen LogP contribution is 2.54. The van der Waals surface area contributed by atoms with Gasteiger partial charge in [-0.3, -0.25) is 0 Å². The second-order valence-corrected chi connectivity index (χ2v) is 6.63. The number of hydrogen-bond donors (Lipinski definition) is 2. The molecule has 0 heterocycles. The van der Waals surface area contributed by atoms with E-state index in [9.17, 15) is 10.2 Å². The Kier molecular flexibility index (Phi) is 3.39. The maximum absolute atomic E-state index is 10.6. The predicted molar refractivity (Wildman–Crippen MR) is 69.5 cm³/mol. The highest BCUT2D eigenvalue weighted by Gasteiger charge is 2.52. The first-order valence-corrected chi connectivity index (χ1v) is 6.91. The van der Waals surface area contributed by atoms with Gasteiger partial charge in [0.15, 0.2) is 0 Å². The topological polar surface area (TPSA) is 40.5 Å². The monoisotopic (exact) mass is 238 g/mol. The Labute approximate surface area is 105 Å². The first kappa shape index (κ1) is 13.1. The van der Waals surface area contributed by atoms with Crippen molar-refractivity contribution in [3.63, 3.8) is 0 Å². The van der Waals surface area contributed by atoms with Crippen LogP contribution in [-0.2, 0) is 0 Å². The van der Waals surface area contributed by atoms with Gasteiger partial charge in [0.25, 0.3) is 0 Å². The lowest BCUT2D eigenvalue weighted by Crippen LogP contribution is -2.54. The normalized spacial score (nSPS) is 47.1. The van der Waals surface area contributed by atoms with E-state index in [0.29, 0.717) is 11.8 Å². The standard InChI is InChI=1S/C15H26O2/c1-9(2)11-7-8-15(4)12(16)6-5-10(3)13(15)14(11)17/h9,11-14,16-17H,3,5-8H2,1-2,4H3/t11-,12-,13-,14-,15+/m1/s1. The molecule has 0 saturated heterocycles. The minimum atomic E-state index is -0.323. The molecule has 0 amide bonds. The van der Waals surface area contributed by atoms with Gasteiger partial charge in [-0.2, -0.15) is 0 Å². The van der Waals surface area contributed by atoms with Crippen LogP contribution < -0.4 is 0 Å². The summed E-state index contributed by atoms with van der Waals surface area (Å²) in [7, 11) is 0. The van der Waals surface area contributed by atoms with Crippen molar-refractivity contribution in [3.8, 4) is 0 Å². The third kappa shape index (κ3) is 1.96. The molecule has 0 spiro atoms. The van der Waals surface area contributed by atoms with E-state index >= 15 is 0 Å². The van der Waals surface area contributed by atoms with Crippen LogP contribution in [0.4, 0.5) is 0 Å². The van der Waals surface area contributed by atoms with E-state index < -0.39 is 0 Å². The second kappa shape index (κ2) is 4.40. The molecule has 0 aliphatic heterocycles. The van der Waals surface area contributed by atoms with Crippen molar-refractivity contribution in [2.24, 2.45) is 23.2 Å². The maximum atomic E-state index is 10.6. The Balaban J connectivity index is 2.29. The molecule has 2 aliphatic rings. The molecule has 2 nitrogen and oxygen atoms in total. The number of hydrogen-bond acceptors (Lipinski definition) is 2. The van der Waals surface area contributed by atoms with Crippen molar-refractivity contribution in [1.29, 1.82) is 0 Å². The molecule has 0 bridgehead atoms. The van der Waals surface area contributed by atoms with Crippen LogP contribution in [0, 0.1) is 23.2 Å². The van der Waals surface area contributed by atoms with E-state index in [-0.39, 0.29) is 23.5 Å². The van der Waals surface area contributed by atoms with Crippen LogP contribution in [-0.4, -0.2) is 22.4 Å². The molecule has 0 aromatic rings. The molecular formula is C15H26O2. The number of aliphatic hydroxyl groups is 2. The third-order valence-electron chi connectivity index (χ3n) is 5.30. The minimum Gasteiger partial charge on any atom is -0.393 e. The van der Waals surface area contributed by atoms with Gasteiger partial charge in [-0.05, 0) is 37.5 Å². The summed E-state index contributed by atoms with van der Waals surface area (Å²) in [4.78, 5) is 0. The van der Waals surface area contributed by atoms with Crippen molar-refractivity contribution >= 4 is 0 Å². The molecule has 2 saturated carbocycles. The van der Waals surface area contributed by atoms with E-state index in [1.54, 1.807) is 0 Å². The summed E-state index contributed by atoms with van der Waals surface area (Å²) in [6, 6.07) is 0. The number of fused-ring (bicyclic) bond motifs is 1. The minimum absolute atomic E-state index is 0.0902. The Hall–Kier alpha value is -0.340. The Morgan fingerprint density at radius 3 is 2.53 bits per heavy atom. The zero-order valence-corrected chi connectivity index (χ0v) is 11.3. The predicted octanol–water partition coefficient (Wildman–Crippen LogP) is 2.75. The van der Waals surface area contributed by atoms with Crippen molar-refractivity contribution in [2.75, 3.05) is 0 Å². The highest BCUT2D eigenvalue weighted by atomic mass is 16.3. The molecule has 17 heavy (non-hydrogen) atoms. The fourth-order valence-electron chi connectivity index (χ4n) is 4.06. The van der Waals surface area contributed by atoms with Crippen LogP contribution in [0.25, 0.3) is 0 Å². The number of rotatable bonds is 1. The summed E-state index contributed by atoms with van der Waals surface area (Å²) < 4.78 is 0. The van der Waals surface area contributed by atoms with Gasteiger partial charge in [-0.25, -0.2) is 0 Å². The molecule has 0 unspecified atom stereocenters. The summed E-state index contributed by atoms with van der Waals surface area (Å²) >= 11 is 0. The van der Waals surface area contributed by atoms with Crippen LogP contribution in [0.3, 0.4) is 0 Å². The van der Waals surface area contributed by atoms with Gasteiger partial charge in [0.05, 0.1) is 12.2 Å². The van der Waals surface area contributed by atoms with Crippen molar-refractivity contribution in [1.82, 2.24) is 0 Å². The fourth-order valence-corrected chi connectivity index (χ4v) is 4.06. The molecule has 2 rings (SSSR count). The molecule has 0 radical (unpaired) electrons. The molecule has 0 aromatic carbocycles. The highest BCUT2D eigenvalue weighted by molar-refractivity contribution is 5.17. The lowest BCUT2D eigenvalue weighted by Gasteiger charge is -2.54. The van der Waals surface area contributed by atoms with E-state index in [1.165, 1.54) is 0 Å². The fraction of sp³-hybridized carbons (Fsp3) is 0.867. The number of aliphatic hydroxyl groups excluding tert-OH is 2. The van der Waals surface area contributed by atoms with E-state index in [0.717, 1.165) is 31.3 Å². The summed E-state index contributed by atoms with van der Waals surface area (Å²) in [5.41, 5.74) is 0.996. The molecule has 2 heteroatoms. The van der Waals surface area contributed by atoms with Crippen LogP contribution in [0.1, 0.15) is 46.5 Å². The first-order valence-electron chi connectivity index (χ1n) is 6.91. The van der Waals surface area contributed by atoms with Crippen molar-refractivity contribution in [2.45, 2.75) is 58.7 Å². The smallest absolute Gasteiger partial charge is 0.0642 e. The molecule has 0 aromatic heterocycles. The van der Waals surface area contributed by atoms with Gasteiger partial charge in [0.1, 0.15) is 0 Å². The lowest BCUT2D eigenvalue weighted by molar-refractivity contribution is -0.120.